The van der Waals surface area contributed by atoms with E-state index in [1.165, 1.54) is 0 Å². The van der Waals surface area contributed by atoms with Crippen LogP contribution in [0.15, 0.2) is 30.3 Å². The first kappa shape index (κ1) is 15.2. The molecular formula is C15H21NO3. The zero-order valence-electron chi connectivity index (χ0n) is 11.9. The maximum atomic E-state index is 12.2. The lowest BCUT2D eigenvalue weighted by Crippen LogP contribution is -2.44. The van der Waals surface area contributed by atoms with Gasteiger partial charge in [-0.15, -0.1) is 0 Å². The third kappa shape index (κ3) is 3.81. The number of rotatable bonds is 5. The smallest absolute Gasteiger partial charge is 0.321 e. The molecule has 1 aromatic rings. The highest BCUT2D eigenvalue weighted by molar-refractivity contribution is 6.01. The van der Waals surface area contributed by atoms with Gasteiger partial charge in [-0.3, -0.25) is 9.59 Å². The van der Waals surface area contributed by atoms with E-state index in [0.717, 1.165) is 5.56 Å². The molecule has 0 aromatic heterocycles. The Labute approximate surface area is 114 Å². The topological polar surface area (TPSA) is 55.4 Å². The van der Waals surface area contributed by atoms with Gasteiger partial charge in [0.25, 0.3) is 0 Å². The summed E-state index contributed by atoms with van der Waals surface area (Å²) in [7, 11) is 0. The summed E-state index contributed by atoms with van der Waals surface area (Å²) >= 11 is 0. The lowest BCUT2D eigenvalue weighted by molar-refractivity contribution is -0.158. The first-order chi connectivity index (χ1) is 8.89. The lowest BCUT2D eigenvalue weighted by atomic mass is 9.91. The second kappa shape index (κ2) is 6.36. The fourth-order valence-corrected chi connectivity index (χ4v) is 1.61. The van der Waals surface area contributed by atoms with Gasteiger partial charge in [-0.25, -0.2) is 0 Å². The van der Waals surface area contributed by atoms with Gasteiger partial charge in [0.15, 0.2) is 0 Å². The maximum Gasteiger partial charge on any atom is 0.321 e. The summed E-state index contributed by atoms with van der Waals surface area (Å²) in [6, 6.07) is 9.45. The highest BCUT2D eigenvalue weighted by atomic mass is 16.5. The number of hydrogen-bond donors (Lipinski definition) is 1. The molecule has 1 amide bonds. The van der Waals surface area contributed by atoms with Gasteiger partial charge in [-0.1, -0.05) is 30.3 Å². The number of ether oxygens (including phenoxy) is 1. The second-order valence-corrected chi connectivity index (χ2v) is 4.95. The minimum absolute atomic E-state index is 0.151. The van der Waals surface area contributed by atoms with Crippen LogP contribution in [0.4, 0.5) is 0 Å². The van der Waals surface area contributed by atoms with Crippen molar-refractivity contribution in [2.75, 3.05) is 6.61 Å². The highest BCUT2D eigenvalue weighted by Crippen LogP contribution is 2.20. The predicted molar refractivity (Wildman–Crippen MR) is 73.4 cm³/mol. The number of carbonyl (C=O) groups is 2. The first-order valence-corrected chi connectivity index (χ1v) is 6.42. The molecule has 0 bridgehead atoms. The van der Waals surface area contributed by atoms with Crippen LogP contribution in [-0.4, -0.2) is 18.5 Å². The highest BCUT2D eigenvalue weighted by Gasteiger charge is 2.38. The van der Waals surface area contributed by atoms with Crippen LogP contribution in [0.1, 0.15) is 39.3 Å². The van der Waals surface area contributed by atoms with Gasteiger partial charge < -0.3 is 10.1 Å². The molecule has 0 aliphatic carbocycles. The Morgan fingerprint density at radius 1 is 1.26 bits per heavy atom. The Balaban J connectivity index is 2.71. The fraction of sp³-hybridized carbons (Fsp3) is 0.467. The van der Waals surface area contributed by atoms with Crippen molar-refractivity contribution in [1.82, 2.24) is 5.32 Å². The summed E-state index contributed by atoms with van der Waals surface area (Å²) in [6.07, 6.45) is 0. The van der Waals surface area contributed by atoms with Gasteiger partial charge in [0.2, 0.25) is 5.91 Å². The predicted octanol–water partition coefficient (Wildman–Crippen LogP) is 2.45. The monoisotopic (exact) mass is 263 g/mol. The molecule has 4 nitrogen and oxygen atoms in total. The van der Waals surface area contributed by atoms with Crippen LogP contribution in [0.2, 0.25) is 0 Å². The van der Waals surface area contributed by atoms with Gasteiger partial charge in [0.05, 0.1) is 12.6 Å². The van der Waals surface area contributed by atoms with Crippen molar-refractivity contribution in [1.29, 1.82) is 0 Å². The Kier molecular flexibility index (Phi) is 5.10. The van der Waals surface area contributed by atoms with E-state index < -0.39 is 11.4 Å². The Bertz CT molecular complexity index is 440. The van der Waals surface area contributed by atoms with Crippen molar-refractivity contribution in [2.45, 2.75) is 33.7 Å². The molecule has 0 saturated carbocycles. The maximum absolute atomic E-state index is 12.2. The average Bonchev–Trinajstić information content (AvgIpc) is 2.39. The summed E-state index contributed by atoms with van der Waals surface area (Å²) in [6.45, 7) is 7.01. The molecule has 1 aromatic carbocycles. The molecule has 1 rings (SSSR count). The zero-order valence-corrected chi connectivity index (χ0v) is 11.9. The third-order valence-corrected chi connectivity index (χ3v) is 3.00. The van der Waals surface area contributed by atoms with Gasteiger partial charge in [0, 0.05) is 0 Å². The van der Waals surface area contributed by atoms with Crippen LogP contribution in [-0.2, 0) is 14.3 Å². The first-order valence-electron chi connectivity index (χ1n) is 6.42. The third-order valence-electron chi connectivity index (χ3n) is 3.00. The van der Waals surface area contributed by atoms with Crippen molar-refractivity contribution in [3.8, 4) is 0 Å². The van der Waals surface area contributed by atoms with E-state index in [1.807, 2.05) is 37.3 Å². The molecule has 4 heteroatoms. The van der Waals surface area contributed by atoms with E-state index in [2.05, 4.69) is 5.32 Å². The van der Waals surface area contributed by atoms with Crippen molar-refractivity contribution in [3.05, 3.63) is 35.9 Å². The van der Waals surface area contributed by atoms with Crippen LogP contribution in [0.3, 0.4) is 0 Å². The molecule has 0 spiro atoms. The molecule has 104 valence electrons. The van der Waals surface area contributed by atoms with Crippen molar-refractivity contribution < 1.29 is 14.3 Å². The number of nitrogens with one attached hydrogen (secondary N) is 1. The minimum Gasteiger partial charge on any atom is -0.465 e. The standard InChI is InChI=1S/C15H21NO3/c1-5-19-14(18)15(3,4)13(17)16-11(2)12-9-7-6-8-10-12/h6-11H,5H2,1-4H3,(H,16,17). The van der Waals surface area contributed by atoms with Gasteiger partial charge >= 0.3 is 5.97 Å². The van der Waals surface area contributed by atoms with Gasteiger partial charge in [-0.2, -0.15) is 0 Å². The number of benzene rings is 1. The van der Waals surface area contributed by atoms with Gasteiger partial charge in [0.1, 0.15) is 5.41 Å². The molecule has 1 N–H and O–H groups in total. The van der Waals surface area contributed by atoms with E-state index >= 15 is 0 Å². The van der Waals surface area contributed by atoms with Crippen LogP contribution >= 0.6 is 0 Å². The van der Waals surface area contributed by atoms with E-state index in [9.17, 15) is 9.59 Å². The zero-order chi connectivity index (χ0) is 14.5. The molecule has 1 unspecified atom stereocenters. The molecular weight excluding hydrogens is 242 g/mol. The van der Waals surface area contributed by atoms with Crippen LogP contribution in [0.5, 0.6) is 0 Å². The summed E-state index contributed by atoms with van der Waals surface area (Å²) in [5, 5.41) is 2.84. The molecule has 19 heavy (non-hydrogen) atoms. The number of carbonyl (C=O) groups excluding carboxylic acids is 2. The quantitative estimate of drug-likeness (QED) is 0.656. The minimum atomic E-state index is -1.18. The molecule has 1 atom stereocenters. The van der Waals surface area contributed by atoms with E-state index in [-0.39, 0.29) is 18.6 Å². The van der Waals surface area contributed by atoms with Crippen molar-refractivity contribution >= 4 is 11.9 Å². The number of amides is 1. The molecule has 0 saturated heterocycles. The Morgan fingerprint density at radius 2 is 1.84 bits per heavy atom. The van der Waals surface area contributed by atoms with E-state index in [0.29, 0.717) is 0 Å². The van der Waals surface area contributed by atoms with Crippen LogP contribution in [0, 0.1) is 5.41 Å². The van der Waals surface area contributed by atoms with E-state index in [1.54, 1.807) is 20.8 Å². The summed E-state index contributed by atoms with van der Waals surface area (Å²) < 4.78 is 4.92. The number of hydrogen-bond acceptors (Lipinski definition) is 3. The normalized spacial score (nSPS) is 12.6. The van der Waals surface area contributed by atoms with Crippen molar-refractivity contribution in [2.24, 2.45) is 5.41 Å². The Hall–Kier alpha value is -1.84. The summed E-state index contributed by atoms with van der Waals surface area (Å²) in [5.41, 5.74) is -0.186. The molecule has 0 fully saturated rings. The fourth-order valence-electron chi connectivity index (χ4n) is 1.61. The summed E-state index contributed by atoms with van der Waals surface area (Å²) in [5.74, 6) is -0.838. The molecule has 0 aliphatic rings. The van der Waals surface area contributed by atoms with Crippen LogP contribution < -0.4 is 5.32 Å². The lowest BCUT2D eigenvalue weighted by Gasteiger charge is -2.24. The van der Waals surface area contributed by atoms with Gasteiger partial charge in [-0.05, 0) is 33.3 Å². The second-order valence-electron chi connectivity index (χ2n) is 4.95. The van der Waals surface area contributed by atoms with Crippen LogP contribution in [0.25, 0.3) is 0 Å². The molecule has 0 aliphatic heterocycles. The molecule has 0 heterocycles. The SMILES string of the molecule is CCOC(=O)C(C)(C)C(=O)NC(C)c1ccccc1. The number of esters is 1. The summed E-state index contributed by atoms with van der Waals surface area (Å²) in [4.78, 5) is 23.9. The average molecular weight is 263 g/mol. The largest absolute Gasteiger partial charge is 0.465 e. The van der Waals surface area contributed by atoms with E-state index in [4.69, 9.17) is 4.74 Å². The van der Waals surface area contributed by atoms with Crippen molar-refractivity contribution in [3.63, 3.8) is 0 Å². The Morgan fingerprint density at radius 3 is 2.37 bits per heavy atom. The molecule has 0 radical (unpaired) electrons.